The zero-order chi connectivity index (χ0) is 21.6. The quantitative estimate of drug-likeness (QED) is 0.612. The Morgan fingerprint density at radius 1 is 1.20 bits per heavy atom. The Hall–Kier alpha value is -3.86. The third-order valence-corrected chi connectivity index (χ3v) is 5.16. The molecule has 152 valence electrons. The van der Waals surface area contributed by atoms with E-state index in [9.17, 15) is 10.1 Å². The molecule has 3 aromatic rings. The number of anilines is 1. The van der Waals surface area contributed by atoms with Gasteiger partial charge in [0, 0.05) is 29.9 Å². The molecular weight excluding hydrogens is 382 g/mol. The van der Waals surface area contributed by atoms with E-state index in [-0.39, 0.29) is 23.2 Å². The Bertz CT molecular complexity index is 1210. The van der Waals surface area contributed by atoms with E-state index in [0.29, 0.717) is 22.4 Å². The molecule has 0 fully saturated rings. The zero-order valence-corrected chi connectivity index (χ0v) is 17.1. The van der Waals surface area contributed by atoms with Crippen molar-refractivity contribution in [3.05, 3.63) is 52.8 Å². The minimum absolute atomic E-state index is 0.176. The molecule has 1 unspecified atom stereocenters. The molecule has 2 N–H and O–H groups in total. The van der Waals surface area contributed by atoms with Crippen LogP contribution in [0.2, 0.25) is 0 Å². The van der Waals surface area contributed by atoms with Gasteiger partial charge in [0.2, 0.25) is 11.7 Å². The Kier molecular flexibility index (Phi) is 4.66. The molecule has 0 saturated carbocycles. The molecule has 0 saturated heterocycles. The number of ketones is 1. The number of fused-ring (bicyclic) bond motifs is 5. The van der Waals surface area contributed by atoms with Crippen LogP contribution in [0.15, 0.2) is 30.5 Å². The van der Waals surface area contributed by atoms with Crippen molar-refractivity contribution in [1.82, 2.24) is 14.8 Å². The summed E-state index contributed by atoms with van der Waals surface area (Å²) in [6.45, 7) is 5.47. The number of carbonyl (C=O) groups is 1. The van der Waals surface area contributed by atoms with Crippen LogP contribution >= 0.6 is 0 Å². The van der Waals surface area contributed by atoms with Crippen molar-refractivity contribution < 1.29 is 14.3 Å². The standard InChI is InChI=1S/C22H21N5O3/c1-11-5-6-15-16(7-11)12(2)29-18-8-14(10-25-21(18)24)19-17(9-23)27(4)26-22(19)30-13(3)20(15)28/h5-8,10,12-13H,1-4H3,(H2,24,25)/t12-,13?/m1/s1. The molecule has 30 heavy (non-hydrogen) atoms. The monoisotopic (exact) mass is 403 g/mol. The number of hydrogen-bond acceptors (Lipinski definition) is 7. The first kappa shape index (κ1) is 19.5. The van der Waals surface area contributed by atoms with E-state index in [1.807, 2.05) is 26.0 Å². The average molecular weight is 403 g/mol. The molecule has 8 heteroatoms. The van der Waals surface area contributed by atoms with Crippen molar-refractivity contribution in [2.24, 2.45) is 7.05 Å². The maximum Gasteiger partial charge on any atom is 0.242 e. The van der Waals surface area contributed by atoms with Crippen LogP contribution in [-0.2, 0) is 7.05 Å². The van der Waals surface area contributed by atoms with E-state index in [1.165, 1.54) is 10.9 Å². The fourth-order valence-corrected chi connectivity index (χ4v) is 3.59. The highest BCUT2D eigenvalue weighted by Crippen LogP contribution is 2.38. The molecule has 0 aliphatic carbocycles. The molecule has 0 spiro atoms. The summed E-state index contributed by atoms with van der Waals surface area (Å²) in [5.41, 5.74) is 9.58. The maximum absolute atomic E-state index is 13.2. The smallest absolute Gasteiger partial charge is 0.242 e. The fraction of sp³-hybridized carbons (Fsp3) is 0.273. The van der Waals surface area contributed by atoms with E-state index < -0.39 is 12.2 Å². The number of rotatable bonds is 0. The SMILES string of the molecule is Cc1ccc2c(c1)[C@@H](C)Oc1cc(cnc1N)-c1c(nn(C)c1C#N)OC(C)C2=O. The highest BCUT2D eigenvalue weighted by Gasteiger charge is 2.28. The number of nitrogens with two attached hydrogens (primary N) is 1. The van der Waals surface area contributed by atoms with Crippen molar-refractivity contribution in [2.45, 2.75) is 33.0 Å². The van der Waals surface area contributed by atoms with Gasteiger partial charge in [-0.05, 0) is 26.8 Å². The van der Waals surface area contributed by atoms with Gasteiger partial charge in [0.05, 0.1) is 5.56 Å². The van der Waals surface area contributed by atoms with Crippen LogP contribution in [0.5, 0.6) is 11.6 Å². The van der Waals surface area contributed by atoms with Gasteiger partial charge < -0.3 is 15.2 Å². The first-order chi connectivity index (χ1) is 14.3. The van der Waals surface area contributed by atoms with Gasteiger partial charge in [-0.25, -0.2) is 4.98 Å². The highest BCUT2D eigenvalue weighted by molar-refractivity contribution is 6.01. The maximum atomic E-state index is 13.2. The van der Waals surface area contributed by atoms with E-state index in [4.69, 9.17) is 15.2 Å². The molecule has 1 aliphatic rings. The van der Waals surface area contributed by atoms with Crippen molar-refractivity contribution in [1.29, 1.82) is 5.26 Å². The molecule has 2 aromatic heterocycles. The number of carbonyl (C=O) groups excluding carboxylic acids is 1. The number of aromatic nitrogens is 3. The molecule has 8 nitrogen and oxygen atoms in total. The summed E-state index contributed by atoms with van der Waals surface area (Å²) >= 11 is 0. The van der Waals surface area contributed by atoms with Crippen molar-refractivity contribution >= 4 is 11.6 Å². The Morgan fingerprint density at radius 2 is 1.97 bits per heavy atom. The van der Waals surface area contributed by atoms with Crippen LogP contribution in [0.25, 0.3) is 11.1 Å². The van der Waals surface area contributed by atoms with Gasteiger partial charge in [-0.1, -0.05) is 23.8 Å². The molecule has 3 heterocycles. The minimum Gasteiger partial charge on any atom is -0.482 e. The van der Waals surface area contributed by atoms with Crippen molar-refractivity contribution in [3.63, 3.8) is 0 Å². The number of benzene rings is 1. The molecule has 1 aromatic carbocycles. The van der Waals surface area contributed by atoms with Gasteiger partial charge in [-0.15, -0.1) is 5.10 Å². The summed E-state index contributed by atoms with van der Waals surface area (Å²) in [7, 11) is 1.64. The predicted molar refractivity (Wildman–Crippen MR) is 110 cm³/mol. The summed E-state index contributed by atoms with van der Waals surface area (Å²) in [4.78, 5) is 17.5. The Morgan fingerprint density at radius 3 is 2.70 bits per heavy atom. The Labute approximate surface area is 173 Å². The lowest BCUT2D eigenvalue weighted by atomic mass is 9.95. The van der Waals surface area contributed by atoms with Crippen LogP contribution in [0, 0.1) is 18.3 Å². The Balaban J connectivity index is 1.98. The van der Waals surface area contributed by atoms with Crippen molar-refractivity contribution in [3.8, 4) is 28.8 Å². The lowest BCUT2D eigenvalue weighted by Gasteiger charge is -2.22. The second-order valence-corrected chi connectivity index (χ2v) is 7.35. The largest absolute Gasteiger partial charge is 0.482 e. The average Bonchev–Trinajstić information content (AvgIpc) is 3.03. The van der Waals surface area contributed by atoms with E-state index in [1.54, 1.807) is 26.1 Å². The second-order valence-electron chi connectivity index (χ2n) is 7.35. The summed E-state index contributed by atoms with van der Waals surface area (Å²) in [6.07, 6.45) is 0.256. The predicted octanol–water partition coefficient (Wildman–Crippen LogP) is 3.35. The van der Waals surface area contributed by atoms with Crippen LogP contribution in [-0.4, -0.2) is 26.7 Å². The first-order valence-electron chi connectivity index (χ1n) is 9.51. The number of ether oxygens (including phenoxy) is 2. The van der Waals surface area contributed by atoms with Crippen LogP contribution in [0.1, 0.15) is 47.1 Å². The molecule has 2 bridgehead atoms. The van der Waals surface area contributed by atoms with Gasteiger partial charge >= 0.3 is 0 Å². The van der Waals surface area contributed by atoms with E-state index in [0.717, 1.165) is 11.1 Å². The van der Waals surface area contributed by atoms with Gasteiger partial charge in [0.15, 0.2) is 17.7 Å². The van der Waals surface area contributed by atoms with Crippen LogP contribution in [0.3, 0.4) is 0 Å². The summed E-state index contributed by atoms with van der Waals surface area (Å²) in [5, 5.41) is 14.0. The number of nitrogens with zero attached hydrogens (tertiary/aromatic N) is 4. The number of nitrogen functional groups attached to an aromatic ring is 1. The highest BCUT2D eigenvalue weighted by atomic mass is 16.5. The minimum atomic E-state index is -0.820. The first-order valence-corrected chi connectivity index (χ1v) is 9.51. The van der Waals surface area contributed by atoms with Crippen molar-refractivity contribution in [2.75, 3.05) is 5.73 Å². The number of pyridine rings is 1. The van der Waals surface area contributed by atoms with E-state index >= 15 is 0 Å². The van der Waals surface area contributed by atoms with Crippen LogP contribution < -0.4 is 15.2 Å². The third kappa shape index (κ3) is 3.14. The second kappa shape index (κ2) is 7.19. The van der Waals surface area contributed by atoms with Gasteiger partial charge in [-0.3, -0.25) is 9.48 Å². The number of hydrogen-bond donors (Lipinski definition) is 1. The van der Waals surface area contributed by atoms with E-state index in [2.05, 4.69) is 16.2 Å². The number of aryl methyl sites for hydroxylation is 2. The van der Waals surface area contributed by atoms with Crippen LogP contribution in [0.4, 0.5) is 5.82 Å². The topological polar surface area (TPSA) is 116 Å². The number of nitriles is 1. The van der Waals surface area contributed by atoms with Gasteiger partial charge in [0.25, 0.3) is 0 Å². The van der Waals surface area contributed by atoms with Gasteiger partial charge in [0.1, 0.15) is 17.9 Å². The summed E-state index contributed by atoms with van der Waals surface area (Å²) < 4.78 is 13.5. The molecule has 0 radical (unpaired) electrons. The molecule has 2 atom stereocenters. The zero-order valence-electron chi connectivity index (χ0n) is 17.1. The lowest BCUT2D eigenvalue weighted by Crippen LogP contribution is -2.26. The molecule has 4 rings (SSSR count). The molecule has 1 aliphatic heterocycles. The molecule has 0 amide bonds. The summed E-state index contributed by atoms with van der Waals surface area (Å²) in [6, 6.07) is 9.42. The third-order valence-electron chi connectivity index (χ3n) is 5.16. The normalized spacial score (nSPS) is 18.0. The lowest BCUT2D eigenvalue weighted by molar-refractivity contribution is 0.0806. The van der Waals surface area contributed by atoms with Gasteiger partial charge in [-0.2, -0.15) is 5.26 Å². The molecular formula is C22H21N5O3. The fourth-order valence-electron chi connectivity index (χ4n) is 3.59. The summed E-state index contributed by atoms with van der Waals surface area (Å²) in [5.74, 6) is 0.536. The number of Topliss-reactive ketones (excluding diaryl/α,β-unsaturated/α-hetero) is 1.